The van der Waals surface area contributed by atoms with Gasteiger partial charge in [0.15, 0.2) is 0 Å². The van der Waals surface area contributed by atoms with Gasteiger partial charge in [0.1, 0.15) is 0 Å². The van der Waals surface area contributed by atoms with Gasteiger partial charge in [-0.1, -0.05) is 0 Å². The number of nitrogens with zero attached hydrogens (tertiary/aromatic N) is 2. The highest BCUT2D eigenvalue weighted by molar-refractivity contribution is 5.78. The molecule has 4 heteroatoms. The number of carbonyl (C=O) groups excluding carboxylic acids is 1. The lowest BCUT2D eigenvalue weighted by Gasteiger charge is -2.28. The van der Waals surface area contributed by atoms with Crippen LogP contribution in [0.4, 0.5) is 0 Å². The number of carbonyl (C=O) groups is 1. The molecule has 1 aliphatic heterocycles. The fraction of sp³-hybridized carbons (Fsp3) is 0.917. The van der Waals surface area contributed by atoms with Crippen LogP contribution >= 0.6 is 0 Å². The maximum Gasteiger partial charge on any atom is 0.236 e. The van der Waals surface area contributed by atoms with E-state index in [1.165, 1.54) is 19.3 Å². The average molecular weight is 225 g/mol. The van der Waals surface area contributed by atoms with Crippen LogP contribution in [0.25, 0.3) is 0 Å². The van der Waals surface area contributed by atoms with E-state index in [4.69, 9.17) is 5.73 Å². The van der Waals surface area contributed by atoms with Crippen LogP contribution in [0.5, 0.6) is 0 Å². The maximum absolute atomic E-state index is 11.9. The van der Waals surface area contributed by atoms with Gasteiger partial charge in [-0.15, -0.1) is 0 Å². The van der Waals surface area contributed by atoms with Crippen molar-refractivity contribution in [1.29, 1.82) is 0 Å². The molecule has 2 aliphatic rings. The number of nitrogens with two attached hydrogens (primary N) is 1. The third kappa shape index (κ3) is 2.55. The van der Waals surface area contributed by atoms with E-state index in [0.29, 0.717) is 19.1 Å². The summed E-state index contributed by atoms with van der Waals surface area (Å²) in [5, 5.41) is 0. The number of rotatable bonds is 5. The first-order valence-corrected chi connectivity index (χ1v) is 6.38. The molecule has 0 aromatic carbocycles. The maximum atomic E-state index is 11.9. The molecule has 1 aliphatic carbocycles. The number of likely N-dealkylation sites (N-methyl/N-ethyl adjacent to an activating group) is 1. The fourth-order valence-corrected chi connectivity index (χ4v) is 2.97. The normalized spacial score (nSPS) is 28.6. The molecule has 4 nitrogen and oxygen atoms in total. The molecule has 1 saturated heterocycles. The minimum atomic E-state index is 0.251. The Hall–Kier alpha value is -0.610. The molecule has 0 radical (unpaired) electrons. The molecular weight excluding hydrogens is 202 g/mol. The van der Waals surface area contributed by atoms with Crippen molar-refractivity contribution in [2.45, 2.75) is 31.7 Å². The molecule has 1 saturated carbocycles. The minimum Gasteiger partial charge on any atom is -0.345 e. The second kappa shape index (κ2) is 5.15. The van der Waals surface area contributed by atoms with Crippen molar-refractivity contribution in [3.05, 3.63) is 0 Å². The highest BCUT2D eigenvalue weighted by atomic mass is 16.2. The van der Waals surface area contributed by atoms with Gasteiger partial charge in [0.2, 0.25) is 5.91 Å². The van der Waals surface area contributed by atoms with E-state index >= 15 is 0 Å². The van der Waals surface area contributed by atoms with Crippen LogP contribution in [0.1, 0.15) is 25.7 Å². The summed E-state index contributed by atoms with van der Waals surface area (Å²) >= 11 is 0. The molecule has 2 atom stereocenters. The first-order valence-electron chi connectivity index (χ1n) is 6.38. The summed E-state index contributed by atoms with van der Waals surface area (Å²) in [4.78, 5) is 16.1. The van der Waals surface area contributed by atoms with E-state index in [9.17, 15) is 4.79 Å². The number of likely N-dealkylation sites (tertiary alicyclic amines) is 1. The van der Waals surface area contributed by atoms with Crippen LogP contribution in [0, 0.1) is 5.92 Å². The summed E-state index contributed by atoms with van der Waals surface area (Å²) in [7, 11) is 1.88. The molecule has 1 amide bonds. The highest BCUT2D eigenvalue weighted by Gasteiger charge is 2.38. The van der Waals surface area contributed by atoms with E-state index in [-0.39, 0.29) is 5.91 Å². The van der Waals surface area contributed by atoms with Gasteiger partial charge in [-0.05, 0) is 38.1 Å². The summed E-state index contributed by atoms with van der Waals surface area (Å²) in [6.07, 6.45) is 4.89. The Kier molecular flexibility index (Phi) is 3.82. The zero-order valence-electron chi connectivity index (χ0n) is 10.2. The zero-order valence-corrected chi connectivity index (χ0v) is 10.2. The molecule has 1 heterocycles. The minimum absolute atomic E-state index is 0.251. The average Bonchev–Trinajstić information content (AvgIpc) is 2.87. The molecule has 2 fully saturated rings. The second-order valence-electron chi connectivity index (χ2n) is 5.22. The molecule has 2 N–H and O–H groups in total. The molecule has 0 spiro atoms. The lowest BCUT2D eigenvalue weighted by Crippen LogP contribution is -2.42. The van der Waals surface area contributed by atoms with Crippen molar-refractivity contribution in [2.75, 3.05) is 33.2 Å². The van der Waals surface area contributed by atoms with Crippen LogP contribution in [-0.4, -0.2) is 55.0 Å². The van der Waals surface area contributed by atoms with Gasteiger partial charge in [-0.25, -0.2) is 0 Å². The topological polar surface area (TPSA) is 49.6 Å². The predicted octanol–water partition coefficient (Wildman–Crippen LogP) is 0.278. The lowest BCUT2D eigenvalue weighted by molar-refractivity contribution is -0.131. The van der Waals surface area contributed by atoms with E-state index in [1.807, 2.05) is 11.9 Å². The quantitative estimate of drug-likeness (QED) is 0.731. The van der Waals surface area contributed by atoms with Crippen LogP contribution in [0.3, 0.4) is 0 Å². The van der Waals surface area contributed by atoms with Crippen molar-refractivity contribution in [3.8, 4) is 0 Å². The number of hydrogen-bond donors (Lipinski definition) is 1. The van der Waals surface area contributed by atoms with E-state index in [2.05, 4.69) is 4.90 Å². The summed E-state index contributed by atoms with van der Waals surface area (Å²) in [5.41, 5.74) is 5.44. The van der Waals surface area contributed by atoms with Crippen molar-refractivity contribution in [1.82, 2.24) is 9.80 Å². The van der Waals surface area contributed by atoms with Crippen molar-refractivity contribution in [2.24, 2.45) is 11.7 Å². The van der Waals surface area contributed by atoms with Gasteiger partial charge in [-0.3, -0.25) is 9.69 Å². The molecule has 2 rings (SSSR count). The first kappa shape index (κ1) is 11.9. The largest absolute Gasteiger partial charge is 0.345 e. The van der Waals surface area contributed by atoms with Crippen LogP contribution < -0.4 is 5.73 Å². The second-order valence-corrected chi connectivity index (χ2v) is 5.22. The van der Waals surface area contributed by atoms with E-state index < -0.39 is 0 Å². The summed E-state index contributed by atoms with van der Waals surface area (Å²) in [5.74, 6) is 1.12. The molecule has 92 valence electrons. The molecule has 0 aromatic heterocycles. The molecule has 2 bridgehead atoms. The van der Waals surface area contributed by atoms with Gasteiger partial charge in [-0.2, -0.15) is 0 Å². The van der Waals surface area contributed by atoms with E-state index in [0.717, 1.165) is 25.4 Å². The monoisotopic (exact) mass is 225 g/mol. The zero-order chi connectivity index (χ0) is 11.5. The van der Waals surface area contributed by atoms with E-state index in [1.54, 1.807) is 0 Å². The number of fused-ring (bicyclic) bond motifs is 2. The molecule has 16 heavy (non-hydrogen) atoms. The SMILES string of the molecule is CN(CCCN)C(=O)CN1CC2CCC1C2. The van der Waals surface area contributed by atoms with Gasteiger partial charge in [0, 0.05) is 26.2 Å². The Morgan fingerprint density at radius 3 is 2.88 bits per heavy atom. The van der Waals surface area contributed by atoms with Crippen molar-refractivity contribution < 1.29 is 4.79 Å². The third-order valence-electron chi connectivity index (χ3n) is 3.98. The summed E-state index contributed by atoms with van der Waals surface area (Å²) < 4.78 is 0. The van der Waals surface area contributed by atoms with Crippen molar-refractivity contribution >= 4 is 5.91 Å². The molecular formula is C12H23N3O. The number of amides is 1. The number of hydrogen-bond acceptors (Lipinski definition) is 3. The van der Waals surface area contributed by atoms with Gasteiger partial charge in [0.05, 0.1) is 6.54 Å². The molecule has 2 unspecified atom stereocenters. The Balaban J connectivity index is 1.74. The Morgan fingerprint density at radius 2 is 2.31 bits per heavy atom. The Labute approximate surface area is 97.8 Å². The standard InChI is InChI=1S/C12H23N3O/c1-14(6-2-5-13)12(16)9-15-8-10-3-4-11(15)7-10/h10-11H,2-9,13H2,1H3. The highest BCUT2D eigenvalue weighted by Crippen LogP contribution is 2.36. The fourth-order valence-electron chi connectivity index (χ4n) is 2.97. The van der Waals surface area contributed by atoms with Gasteiger partial charge < -0.3 is 10.6 Å². The van der Waals surface area contributed by atoms with Crippen LogP contribution in [0.2, 0.25) is 0 Å². The Bertz CT molecular complexity index is 257. The van der Waals surface area contributed by atoms with Crippen LogP contribution in [-0.2, 0) is 4.79 Å². The van der Waals surface area contributed by atoms with Gasteiger partial charge >= 0.3 is 0 Å². The smallest absolute Gasteiger partial charge is 0.236 e. The van der Waals surface area contributed by atoms with Gasteiger partial charge in [0.25, 0.3) is 0 Å². The molecule has 0 aromatic rings. The third-order valence-corrected chi connectivity index (χ3v) is 3.98. The Morgan fingerprint density at radius 1 is 1.50 bits per heavy atom. The summed E-state index contributed by atoms with van der Waals surface area (Å²) in [6, 6.07) is 0.692. The lowest BCUT2D eigenvalue weighted by atomic mass is 10.1. The summed E-state index contributed by atoms with van der Waals surface area (Å²) in [6.45, 7) is 3.20. The first-order chi connectivity index (χ1) is 7.70. The number of piperidine rings is 1. The predicted molar refractivity (Wildman–Crippen MR) is 64.0 cm³/mol. The van der Waals surface area contributed by atoms with Crippen molar-refractivity contribution in [3.63, 3.8) is 0 Å². The van der Waals surface area contributed by atoms with Crippen LogP contribution in [0.15, 0.2) is 0 Å².